The third kappa shape index (κ3) is 6.25. The van der Waals surface area contributed by atoms with Gasteiger partial charge in [-0.1, -0.05) is 23.7 Å². The van der Waals surface area contributed by atoms with E-state index in [1.54, 1.807) is 31.2 Å². The van der Waals surface area contributed by atoms with Crippen molar-refractivity contribution >= 4 is 36.7 Å². The Kier molecular flexibility index (Phi) is 8.18. The zero-order chi connectivity index (χ0) is 17.5. The number of benzene rings is 1. The number of methoxy groups -OCH3 is 1. The van der Waals surface area contributed by atoms with E-state index in [1.165, 1.54) is 19.4 Å². The number of ether oxygens (including phenoxy) is 1. The molecule has 1 aromatic heterocycles. The van der Waals surface area contributed by atoms with Crippen LogP contribution >= 0.6 is 25.1 Å². The molecule has 0 bridgehead atoms. The van der Waals surface area contributed by atoms with Gasteiger partial charge in [-0.3, -0.25) is 4.79 Å². The highest BCUT2D eigenvalue weighted by molar-refractivity contribution is 7.59. The first-order valence-corrected chi connectivity index (χ1v) is 7.67. The molecule has 1 heterocycles. The zero-order valence-corrected chi connectivity index (χ0v) is 15.7. The number of halogens is 1. The lowest BCUT2D eigenvalue weighted by molar-refractivity contribution is -0.117. The van der Waals surface area contributed by atoms with E-state index in [0.717, 1.165) is 5.56 Å². The van der Waals surface area contributed by atoms with Gasteiger partial charge in [0.1, 0.15) is 0 Å². The van der Waals surface area contributed by atoms with Crippen LogP contribution < -0.4 is 10.1 Å². The number of carbonyl (C=O) groups is 1. The first kappa shape index (κ1) is 20.7. The van der Waals surface area contributed by atoms with Crippen LogP contribution in [0.1, 0.15) is 18.1 Å². The van der Waals surface area contributed by atoms with Crippen molar-refractivity contribution in [1.82, 2.24) is 10.3 Å². The minimum Gasteiger partial charge on any atom is -0.481 e. The minimum absolute atomic E-state index is 0. The maximum absolute atomic E-state index is 12.1. The van der Waals surface area contributed by atoms with Crippen LogP contribution in [0, 0.1) is 5.41 Å². The van der Waals surface area contributed by atoms with Crippen molar-refractivity contribution in [1.29, 1.82) is 5.41 Å². The number of pyridine rings is 1. The Morgan fingerprint density at radius 2 is 1.96 bits per heavy atom. The van der Waals surface area contributed by atoms with Crippen LogP contribution in [0.5, 0.6) is 5.88 Å². The number of nitrogens with one attached hydrogen (secondary N) is 2. The first-order chi connectivity index (χ1) is 11.5. The summed E-state index contributed by atoms with van der Waals surface area (Å²) in [7, 11) is 1.53. The number of amides is 1. The molecule has 0 aliphatic rings. The summed E-state index contributed by atoms with van der Waals surface area (Å²) in [5.41, 5.74) is 2.23. The minimum atomic E-state index is -0.226. The molecule has 7 heteroatoms. The maximum atomic E-state index is 12.1. The van der Waals surface area contributed by atoms with Crippen molar-refractivity contribution in [2.45, 2.75) is 13.5 Å². The van der Waals surface area contributed by atoms with E-state index in [-0.39, 0.29) is 25.1 Å². The van der Waals surface area contributed by atoms with Crippen LogP contribution in [-0.2, 0) is 11.3 Å². The fourth-order valence-corrected chi connectivity index (χ4v) is 2.08. The van der Waals surface area contributed by atoms with Crippen LogP contribution in [0.2, 0.25) is 5.02 Å². The van der Waals surface area contributed by atoms with Crippen LogP contribution in [0.15, 0.2) is 54.2 Å². The summed E-state index contributed by atoms with van der Waals surface area (Å²) in [6.07, 6.45) is 3.05. The number of hydrogen-bond acceptors (Lipinski definition) is 4. The molecular formula is C18H20ClN3O2S. The van der Waals surface area contributed by atoms with Gasteiger partial charge in [-0.15, -0.1) is 0 Å². The van der Waals surface area contributed by atoms with Crippen molar-refractivity contribution in [3.05, 3.63) is 70.4 Å². The van der Waals surface area contributed by atoms with E-state index >= 15 is 0 Å². The molecule has 2 rings (SSSR count). The summed E-state index contributed by atoms with van der Waals surface area (Å²) in [5.74, 6) is 0.254. The standard InChI is InChI=1S/C18H18ClN3O2.H2S/c1-12(9-16(20)14-5-8-17(24-2)21-11-14)18(23)22-10-13-3-6-15(19)7-4-13;/h3-9,11,20H,10H2,1-2H3,(H,22,23);1H2/b12-9-,20-16?;. The van der Waals surface area contributed by atoms with Gasteiger partial charge in [0.2, 0.25) is 11.8 Å². The first-order valence-electron chi connectivity index (χ1n) is 7.29. The lowest BCUT2D eigenvalue weighted by Crippen LogP contribution is -2.24. The van der Waals surface area contributed by atoms with Gasteiger partial charge in [0.05, 0.1) is 12.8 Å². The normalized spacial score (nSPS) is 10.6. The van der Waals surface area contributed by atoms with Gasteiger partial charge < -0.3 is 15.5 Å². The average molecular weight is 378 g/mol. The molecular weight excluding hydrogens is 358 g/mol. The third-order valence-corrected chi connectivity index (χ3v) is 3.59. The largest absolute Gasteiger partial charge is 0.481 e. The number of hydrogen-bond donors (Lipinski definition) is 2. The topological polar surface area (TPSA) is 75.1 Å². The summed E-state index contributed by atoms with van der Waals surface area (Å²) in [4.78, 5) is 16.2. The number of aromatic nitrogens is 1. The average Bonchev–Trinajstić information content (AvgIpc) is 2.60. The molecule has 5 nitrogen and oxygen atoms in total. The summed E-state index contributed by atoms with van der Waals surface area (Å²) >= 11 is 5.83. The van der Waals surface area contributed by atoms with Crippen molar-refractivity contribution in [2.75, 3.05) is 7.11 Å². The molecule has 0 saturated carbocycles. The molecule has 0 aliphatic heterocycles. The van der Waals surface area contributed by atoms with E-state index in [1.807, 2.05) is 12.1 Å². The molecule has 0 aliphatic carbocycles. The quantitative estimate of drug-likeness (QED) is 0.597. The van der Waals surface area contributed by atoms with Gasteiger partial charge in [-0.25, -0.2) is 4.98 Å². The predicted octanol–water partition coefficient (Wildman–Crippen LogP) is 3.49. The second-order valence-corrected chi connectivity index (χ2v) is 5.58. The SMILES string of the molecule is COc1ccc(C(=N)/C=C(/C)C(=O)NCc2ccc(Cl)cc2)cn1.S. The summed E-state index contributed by atoms with van der Waals surface area (Å²) in [6.45, 7) is 2.07. The van der Waals surface area contributed by atoms with Crippen LogP contribution in [0.25, 0.3) is 0 Å². The Balaban J connectivity index is 0.00000312. The van der Waals surface area contributed by atoms with E-state index in [9.17, 15) is 4.79 Å². The van der Waals surface area contributed by atoms with Crippen molar-refractivity contribution in [3.8, 4) is 5.88 Å². The van der Waals surface area contributed by atoms with E-state index in [4.69, 9.17) is 21.7 Å². The van der Waals surface area contributed by atoms with Crippen molar-refractivity contribution < 1.29 is 9.53 Å². The molecule has 132 valence electrons. The molecule has 2 N–H and O–H groups in total. The summed E-state index contributed by atoms with van der Waals surface area (Å²) in [6, 6.07) is 10.7. The van der Waals surface area contributed by atoms with Gasteiger partial charge in [0, 0.05) is 35.0 Å². The second kappa shape index (κ2) is 9.86. The van der Waals surface area contributed by atoms with E-state index in [2.05, 4.69) is 10.3 Å². The Bertz CT molecular complexity index is 759. The highest BCUT2D eigenvalue weighted by Crippen LogP contribution is 2.10. The Morgan fingerprint density at radius 3 is 2.52 bits per heavy atom. The lowest BCUT2D eigenvalue weighted by atomic mass is 10.1. The number of allylic oxidation sites excluding steroid dienone is 1. The molecule has 1 aromatic carbocycles. The Morgan fingerprint density at radius 1 is 1.28 bits per heavy atom. The summed E-state index contributed by atoms with van der Waals surface area (Å²) < 4.78 is 4.98. The Labute approximate surface area is 159 Å². The zero-order valence-electron chi connectivity index (χ0n) is 14.0. The molecule has 2 aromatic rings. The van der Waals surface area contributed by atoms with Gasteiger partial charge in [0.25, 0.3) is 0 Å². The maximum Gasteiger partial charge on any atom is 0.247 e. The molecule has 0 unspecified atom stereocenters. The number of nitrogens with zero attached hydrogens (tertiary/aromatic N) is 1. The van der Waals surface area contributed by atoms with Crippen LogP contribution in [0.4, 0.5) is 0 Å². The van der Waals surface area contributed by atoms with Gasteiger partial charge in [0.15, 0.2) is 0 Å². The fraction of sp³-hybridized carbons (Fsp3) is 0.167. The molecule has 0 radical (unpaired) electrons. The Hall–Kier alpha value is -2.31. The predicted molar refractivity (Wildman–Crippen MR) is 105 cm³/mol. The number of rotatable bonds is 6. The molecule has 0 spiro atoms. The van der Waals surface area contributed by atoms with Gasteiger partial charge in [-0.2, -0.15) is 13.5 Å². The highest BCUT2D eigenvalue weighted by atomic mass is 35.5. The monoisotopic (exact) mass is 377 g/mol. The smallest absolute Gasteiger partial charge is 0.247 e. The third-order valence-electron chi connectivity index (χ3n) is 3.34. The van der Waals surface area contributed by atoms with Gasteiger partial charge in [-0.05, 0) is 36.8 Å². The second-order valence-electron chi connectivity index (χ2n) is 5.14. The van der Waals surface area contributed by atoms with E-state index in [0.29, 0.717) is 28.6 Å². The summed E-state index contributed by atoms with van der Waals surface area (Å²) in [5, 5.41) is 11.5. The molecule has 0 fully saturated rings. The molecule has 0 saturated heterocycles. The number of carbonyl (C=O) groups excluding carboxylic acids is 1. The molecule has 0 atom stereocenters. The van der Waals surface area contributed by atoms with Gasteiger partial charge >= 0.3 is 0 Å². The lowest BCUT2D eigenvalue weighted by Gasteiger charge is -2.07. The fourth-order valence-electron chi connectivity index (χ4n) is 1.95. The highest BCUT2D eigenvalue weighted by Gasteiger charge is 2.07. The van der Waals surface area contributed by atoms with Crippen LogP contribution in [-0.4, -0.2) is 23.7 Å². The van der Waals surface area contributed by atoms with Crippen LogP contribution in [0.3, 0.4) is 0 Å². The van der Waals surface area contributed by atoms with Crippen molar-refractivity contribution in [2.24, 2.45) is 0 Å². The van der Waals surface area contributed by atoms with Crippen molar-refractivity contribution in [3.63, 3.8) is 0 Å². The van der Waals surface area contributed by atoms with E-state index < -0.39 is 0 Å². The molecule has 25 heavy (non-hydrogen) atoms. The molecule has 1 amide bonds.